The van der Waals surface area contributed by atoms with Gasteiger partial charge in [0.2, 0.25) is 0 Å². The third kappa shape index (κ3) is 7.19. The average molecular weight is 419 g/mol. The Hall–Kier alpha value is -3.80. The Morgan fingerprint density at radius 3 is 1.97 bits per heavy atom. The normalized spacial score (nSPS) is 11.3. The van der Waals surface area contributed by atoms with Crippen LogP contribution in [0.15, 0.2) is 84.9 Å². The number of hydrogen-bond donors (Lipinski definition) is 1. The minimum atomic E-state index is -0.822. The number of nitrogens with one attached hydrogen (secondary N) is 1. The first-order chi connectivity index (χ1) is 15.1. The molecule has 0 bridgehead atoms. The van der Waals surface area contributed by atoms with Crippen LogP contribution in [0.1, 0.15) is 16.7 Å². The van der Waals surface area contributed by atoms with E-state index in [1.54, 1.807) is 0 Å². The number of amides is 1. The maximum absolute atomic E-state index is 12.2. The molecule has 0 radical (unpaired) electrons. The van der Waals surface area contributed by atoms with E-state index in [0.717, 1.165) is 22.4 Å². The standard InChI is InChI=1S/C25H25NO5/c1-29-24(27)23(16-19-8-4-2-5-9-19)26-25(28)31-18-21-14-12-20(13-15-21)17-30-22-10-6-3-7-11-22/h2-15,23H,16-18H2,1H3,(H,26,28). The van der Waals surface area contributed by atoms with Crippen LogP contribution in [-0.2, 0) is 33.9 Å². The van der Waals surface area contributed by atoms with Gasteiger partial charge in [-0.25, -0.2) is 9.59 Å². The highest BCUT2D eigenvalue weighted by molar-refractivity contribution is 5.81. The van der Waals surface area contributed by atoms with E-state index in [1.165, 1.54) is 7.11 Å². The summed E-state index contributed by atoms with van der Waals surface area (Å²) < 4.78 is 15.8. The van der Waals surface area contributed by atoms with E-state index in [9.17, 15) is 9.59 Å². The maximum Gasteiger partial charge on any atom is 0.408 e. The molecule has 0 aliphatic heterocycles. The van der Waals surface area contributed by atoms with E-state index < -0.39 is 18.1 Å². The Morgan fingerprint density at radius 2 is 1.35 bits per heavy atom. The van der Waals surface area contributed by atoms with Crippen molar-refractivity contribution in [3.05, 3.63) is 102 Å². The van der Waals surface area contributed by atoms with Gasteiger partial charge < -0.3 is 19.5 Å². The minimum absolute atomic E-state index is 0.0882. The summed E-state index contributed by atoms with van der Waals surface area (Å²) in [7, 11) is 1.29. The molecule has 6 nitrogen and oxygen atoms in total. The smallest absolute Gasteiger partial charge is 0.408 e. The predicted molar refractivity (Wildman–Crippen MR) is 116 cm³/mol. The minimum Gasteiger partial charge on any atom is -0.489 e. The van der Waals surface area contributed by atoms with Gasteiger partial charge in [-0.3, -0.25) is 0 Å². The van der Waals surface area contributed by atoms with Crippen molar-refractivity contribution >= 4 is 12.1 Å². The first-order valence-electron chi connectivity index (χ1n) is 9.95. The zero-order valence-corrected chi connectivity index (χ0v) is 17.3. The Labute approximate surface area is 181 Å². The Kier molecular flexibility index (Phi) is 8.05. The second-order valence-electron chi connectivity index (χ2n) is 6.90. The number of carbonyl (C=O) groups is 2. The molecule has 0 spiro atoms. The average Bonchev–Trinajstić information content (AvgIpc) is 2.82. The molecule has 0 aliphatic carbocycles. The molecule has 160 valence electrons. The summed E-state index contributed by atoms with van der Waals surface area (Å²) >= 11 is 0. The summed E-state index contributed by atoms with van der Waals surface area (Å²) in [6.45, 7) is 0.539. The van der Waals surface area contributed by atoms with Gasteiger partial charge in [-0.05, 0) is 28.8 Å². The Morgan fingerprint density at radius 1 is 0.774 bits per heavy atom. The summed E-state index contributed by atoms with van der Waals surface area (Å²) in [5.41, 5.74) is 2.74. The molecule has 31 heavy (non-hydrogen) atoms. The first-order valence-corrected chi connectivity index (χ1v) is 9.95. The molecule has 3 aromatic rings. The lowest BCUT2D eigenvalue weighted by Crippen LogP contribution is -2.43. The van der Waals surface area contributed by atoms with Crippen molar-refractivity contribution in [3.63, 3.8) is 0 Å². The van der Waals surface area contributed by atoms with Crippen molar-refractivity contribution in [2.75, 3.05) is 7.11 Å². The zero-order valence-electron chi connectivity index (χ0n) is 17.3. The summed E-state index contributed by atoms with van der Waals surface area (Å²) in [5.74, 6) is 0.283. The number of rotatable bonds is 9. The van der Waals surface area contributed by atoms with E-state index >= 15 is 0 Å². The van der Waals surface area contributed by atoms with Gasteiger partial charge in [0.25, 0.3) is 0 Å². The lowest BCUT2D eigenvalue weighted by Gasteiger charge is -2.16. The summed E-state index contributed by atoms with van der Waals surface area (Å²) in [6, 6.07) is 25.8. The van der Waals surface area contributed by atoms with Gasteiger partial charge in [0.05, 0.1) is 7.11 Å². The van der Waals surface area contributed by atoms with Gasteiger partial charge in [-0.2, -0.15) is 0 Å². The fourth-order valence-corrected chi connectivity index (χ4v) is 2.93. The number of carbonyl (C=O) groups excluding carboxylic acids is 2. The van der Waals surface area contributed by atoms with Gasteiger partial charge in [0.1, 0.15) is 25.0 Å². The second-order valence-corrected chi connectivity index (χ2v) is 6.90. The number of para-hydroxylation sites is 1. The highest BCUT2D eigenvalue weighted by atomic mass is 16.6. The van der Waals surface area contributed by atoms with Crippen LogP contribution in [0.2, 0.25) is 0 Å². The lowest BCUT2D eigenvalue weighted by molar-refractivity contribution is -0.143. The number of esters is 1. The van der Waals surface area contributed by atoms with Crippen molar-refractivity contribution in [1.82, 2.24) is 5.32 Å². The highest BCUT2D eigenvalue weighted by Crippen LogP contribution is 2.13. The molecule has 0 aliphatic rings. The predicted octanol–water partition coefficient (Wildman–Crippen LogP) is 4.28. The van der Waals surface area contributed by atoms with E-state index in [-0.39, 0.29) is 6.61 Å². The van der Waals surface area contributed by atoms with Crippen LogP contribution in [0.3, 0.4) is 0 Å². The third-order valence-electron chi connectivity index (χ3n) is 4.60. The molecule has 6 heteroatoms. The third-order valence-corrected chi connectivity index (χ3v) is 4.60. The largest absolute Gasteiger partial charge is 0.489 e. The van der Waals surface area contributed by atoms with Crippen LogP contribution in [0.5, 0.6) is 5.75 Å². The van der Waals surface area contributed by atoms with Crippen LogP contribution < -0.4 is 10.1 Å². The number of methoxy groups -OCH3 is 1. The highest BCUT2D eigenvalue weighted by Gasteiger charge is 2.22. The number of hydrogen-bond acceptors (Lipinski definition) is 5. The van der Waals surface area contributed by atoms with Gasteiger partial charge in [0.15, 0.2) is 0 Å². The van der Waals surface area contributed by atoms with E-state index in [1.807, 2.05) is 84.9 Å². The monoisotopic (exact) mass is 419 g/mol. The van der Waals surface area contributed by atoms with Gasteiger partial charge in [0, 0.05) is 6.42 Å². The van der Waals surface area contributed by atoms with Crippen molar-refractivity contribution < 1.29 is 23.8 Å². The zero-order chi connectivity index (χ0) is 21.9. The van der Waals surface area contributed by atoms with Crippen molar-refractivity contribution in [1.29, 1.82) is 0 Å². The molecular weight excluding hydrogens is 394 g/mol. The first kappa shape index (κ1) is 21.9. The van der Waals surface area contributed by atoms with Crippen LogP contribution in [0.4, 0.5) is 4.79 Å². The molecule has 0 heterocycles. The van der Waals surface area contributed by atoms with Gasteiger partial charge in [-0.15, -0.1) is 0 Å². The molecular formula is C25H25NO5. The van der Waals surface area contributed by atoms with Crippen molar-refractivity contribution in [2.45, 2.75) is 25.7 Å². The summed E-state index contributed by atoms with van der Waals surface area (Å²) in [6.07, 6.45) is -0.360. The Balaban J connectivity index is 1.47. The molecule has 1 atom stereocenters. The molecule has 1 unspecified atom stereocenters. The van der Waals surface area contributed by atoms with Crippen molar-refractivity contribution in [3.8, 4) is 5.75 Å². The lowest BCUT2D eigenvalue weighted by atomic mass is 10.1. The molecule has 1 amide bonds. The van der Waals surface area contributed by atoms with E-state index in [4.69, 9.17) is 14.2 Å². The molecule has 0 aromatic heterocycles. The molecule has 0 saturated carbocycles. The molecule has 3 rings (SSSR count). The van der Waals surface area contributed by atoms with Crippen LogP contribution in [0, 0.1) is 0 Å². The van der Waals surface area contributed by atoms with Crippen LogP contribution >= 0.6 is 0 Å². The topological polar surface area (TPSA) is 73.9 Å². The number of alkyl carbamates (subject to hydrolysis) is 1. The van der Waals surface area contributed by atoms with Crippen molar-refractivity contribution in [2.24, 2.45) is 0 Å². The molecule has 0 fully saturated rings. The quantitative estimate of drug-likeness (QED) is 0.524. The molecule has 3 aromatic carbocycles. The second kappa shape index (κ2) is 11.4. The Bertz CT molecular complexity index is 958. The fraction of sp³-hybridized carbons (Fsp3) is 0.200. The summed E-state index contributed by atoms with van der Waals surface area (Å²) in [5, 5.41) is 2.58. The number of benzene rings is 3. The van der Waals surface area contributed by atoms with Crippen LogP contribution in [-0.4, -0.2) is 25.2 Å². The van der Waals surface area contributed by atoms with E-state index in [0.29, 0.717) is 13.0 Å². The molecule has 0 saturated heterocycles. The van der Waals surface area contributed by atoms with E-state index in [2.05, 4.69) is 5.32 Å². The maximum atomic E-state index is 12.2. The number of ether oxygens (including phenoxy) is 3. The van der Waals surface area contributed by atoms with Gasteiger partial charge >= 0.3 is 12.1 Å². The SMILES string of the molecule is COC(=O)C(Cc1ccccc1)NC(=O)OCc1ccc(COc2ccccc2)cc1. The molecule has 1 N–H and O–H groups in total. The van der Waals surface area contributed by atoms with Gasteiger partial charge in [-0.1, -0.05) is 72.8 Å². The summed E-state index contributed by atoms with van der Waals surface area (Å²) in [4.78, 5) is 24.2. The fourth-order valence-electron chi connectivity index (χ4n) is 2.93. The van der Waals surface area contributed by atoms with Crippen LogP contribution in [0.25, 0.3) is 0 Å².